The molecule has 0 nitrogen and oxygen atoms in total. The molecule has 0 radical (unpaired) electrons. The lowest BCUT2D eigenvalue weighted by molar-refractivity contribution is 0.728. The molecule has 19 heavy (non-hydrogen) atoms. The zero-order chi connectivity index (χ0) is 13.3. The molecular weight excluding hydrogens is 228 g/mol. The second-order valence-corrected chi connectivity index (χ2v) is 5.14. The highest BCUT2D eigenvalue weighted by atomic mass is 14.0. The zero-order valence-corrected chi connectivity index (χ0v) is 11.9. The van der Waals surface area contributed by atoms with Gasteiger partial charge < -0.3 is 0 Å². The molecule has 0 saturated heterocycles. The van der Waals surface area contributed by atoms with Crippen molar-refractivity contribution in [3.63, 3.8) is 0 Å². The van der Waals surface area contributed by atoms with Gasteiger partial charge in [-0.2, -0.15) is 0 Å². The Bertz CT molecular complexity index is 517. The Balaban J connectivity index is 1.88. The van der Waals surface area contributed by atoms with E-state index in [0.29, 0.717) is 0 Å². The van der Waals surface area contributed by atoms with Crippen LogP contribution in [-0.2, 0) is 6.42 Å². The molecule has 0 aliphatic carbocycles. The van der Waals surface area contributed by atoms with Gasteiger partial charge in [0.25, 0.3) is 0 Å². The SMILES string of the molecule is CCCCC/C=C/CCc1cccc2ccccc12. The van der Waals surface area contributed by atoms with E-state index in [9.17, 15) is 0 Å². The lowest BCUT2D eigenvalue weighted by Gasteiger charge is -2.04. The quantitative estimate of drug-likeness (QED) is 0.424. The standard InChI is InChI=1S/C19H24/c1-2-3-4-5-6-7-8-12-17-14-11-15-18-13-9-10-16-19(17)18/h6-7,9-11,13-16H,2-5,8,12H2,1H3/b7-6+. The van der Waals surface area contributed by atoms with Crippen molar-refractivity contribution < 1.29 is 0 Å². The minimum absolute atomic E-state index is 1.14. The fourth-order valence-corrected chi connectivity index (χ4v) is 2.50. The van der Waals surface area contributed by atoms with Gasteiger partial charge in [0.2, 0.25) is 0 Å². The number of rotatable bonds is 7. The molecule has 0 heterocycles. The molecule has 100 valence electrons. The summed E-state index contributed by atoms with van der Waals surface area (Å²) in [6.45, 7) is 2.25. The van der Waals surface area contributed by atoms with Crippen LogP contribution in [-0.4, -0.2) is 0 Å². The third-order valence-electron chi connectivity index (χ3n) is 3.60. The molecule has 0 aliphatic heterocycles. The van der Waals surface area contributed by atoms with Crippen molar-refractivity contribution in [1.29, 1.82) is 0 Å². The Kier molecular flexibility index (Phi) is 5.68. The molecule has 0 aliphatic rings. The molecular formula is C19H24. The van der Waals surface area contributed by atoms with E-state index in [1.54, 1.807) is 0 Å². The van der Waals surface area contributed by atoms with Crippen molar-refractivity contribution in [3.05, 3.63) is 60.2 Å². The highest BCUT2D eigenvalue weighted by molar-refractivity contribution is 5.85. The minimum Gasteiger partial charge on any atom is -0.0885 e. The first-order chi connectivity index (χ1) is 9.42. The van der Waals surface area contributed by atoms with Gasteiger partial charge in [-0.05, 0) is 42.0 Å². The molecule has 0 amide bonds. The van der Waals surface area contributed by atoms with Gasteiger partial charge in [-0.25, -0.2) is 0 Å². The van der Waals surface area contributed by atoms with Gasteiger partial charge in [0.15, 0.2) is 0 Å². The lowest BCUT2D eigenvalue weighted by Crippen LogP contribution is -1.85. The second kappa shape index (κ2) is 7.78. The van der Waals surface area contributed by atoms with E-state index in [1.807, 2.05) is 0 Å². The van der Waals surface area contributed by atoms with E-state index < -0.39 is 0 Å². The Hall–Kier alpha value is -1.56. The third kappa shape index (κ3) is 4.24. The van der Waals surface area contributed by atoms with Crippen molar-refractivity contribution in [1.82, 2.24) is 0 Å². The predicted molar refractivity (Wildman–Crippen MR) is 85.6 cm³/mol. The minimum atomic E-state index is 1.14. The van der Waals surface area contributed by atoms with E-state index in [-0.39, 0.29) is 0 Å². The summed E-state index contributed by atoms with van der Waals surface area (Å²) in [4.78, 5) is 0. The summed E-state index contributed by atoms with van der Waals surface area (Å²) in [6.07, 6.45) is 12.2. The maximum Gasteiger partial charge on any atom is -0.0152 e. The summed E-state index contributed by atoms with van der Waals surface area (Å²) in [5.41, 5.74) is 1.47. The summed E-state index contributed by atoms with van der Waals surface area (Å²) in [6, 6.07) is 15.3. The number of unbranched alkanes of at least 4 members (excludes halogenated alkanes) is 3. The first kappa shape index (κ1) is 13.9. The fraction of sp³-hybridized carbons (Fsp3) is 0.368. The number of allylic oxidation sites excluding steroid dienone is 2. The highest BCUT2D eigenvalue weighted by Gasteiger charge is 1.98. The Morgan fingerprint density at radius 1 is 0.842 bits per heavy atom. The topological polar surface area (TPSA) is 0 Å². The third-order valence-corrected chi connectivity index (χ3v) is 3.60. The molecule has 0 unspecified atom stereocenters. The lowest BCUT2D eigenvalue weighted by atomic mass is 10.0. The van der Waals surface area contributed by atoms with Gasteiger partial charge in [0.05, 0.1) is 0 Å². The van der Waals surface area contributed by atoms with Crippen molar-refractivity contribution in [2.75, 3.05) is 0 Å². The van der Waals surface area contributed by atoms with Crippen LogP contribution in [0.15, 0.2) is 54.6 Å². The summed E-state index contributed by atoms with van der Waals surface area (Å²) < 4.78 is 0. The van der Waals surface area contributed by atoms with Crippen LogP contribution in [0.5, 0.6) is 0 Å². The Morgan fingerprint density at radius 3 is 2.53 bits per heavy atom. The van der Waals surface area contributed by atoms with Gasteiger partial charge >= 0.3 is 0 Å². The summed E-state index contributed by atoms with van der Waals surface area (Å²) in [5, 5.41) is 2.76. The van der Waals surface area contributed by atoms with Crippen LogP contribution >= 0.6 is 0 Å². The molecule has 0 spiro atoms. The molecule has 2 aromatic carbocycles. The van der Waals surface area contributed by atoms with Crippen molar-refractivity contribution in [2.24, 2.45) is 0 Å². The second-order valence-electron chi connectivity index (χ2n) is 5.14. The molecule has 0 heteroatoms. The van der Waals surface area contributed by atoms with E-state index in [1.165, 1.54) is 42.0 Å². The van der Waals surface area contributed by atoms with E-state index in [4.69, 9.17) is 0 Å². The van der Waals surface area contributed by atoms with Crippen molar-refractivity contribution in [2.45, 2.75) is 45.4 Å². The molecule has 0 aromatic heterocycles. The van der Waals surface area contributed by atoms with Crippen LogP contribution in [0.2, 0.25) is 0 Å². The normalized spacial score (nSPS) is 11.4. The van der Waals surface area contributed by atoms with Gasteiger partial charge in [-0.1, -0.05) is 74.4 Å². The zero-order valence-electron chi connectivity index (χ0n) is 11.9. The molecule has 0 atom stereocenters. The van der Waals surface area contributed by atoms with Gasteiger partial charge in [0.1, 0.15) is 0 Å². The van der Waals surface area contributed by atoms with Crippen LogP contribution in [0.4, 0.5) is 0 Å². The number of aryl methyl sites for hydroxylation is 1. The largest absolute Gasteiger partial charge is 0.0885 e. The maximum absolute atomic E-state index is 2.35. The number of benzene rings is 2. The van der Waals surface area contributed by atoms with E-state index >= 15 is 0 Å². The Morgan fingerprint density at radius 2 is 1.63 bits per heavy atom. The van der Waals surface area contributed by atoms with E-state index in [2.05, 4.69) is 61.5 Å². The first-order valence-corrected chi connectivity index (χ1v) is 7.53. The molecule has 0 bridgehead atoms. The highest BCUT2D eigenvalue weighted by Crippen LogP contribution is 2.19. The van der Waals surface area contributed by atoms with Crippen LogP contribution in [0.3, 0.4) is 0 Å². The van der Waals surface area contributed by atoms with E-state index in [0.717, 1.165) is 12.8 Å². The average Bonchev–Trinajstić information content (AvgIpc) is 2.46. The van der Waals surface area contributed by atoms with Crippen LogP contribution in [0.1, 0.15) is 44.6 Å². The number of hydrogen-bond donors (Lipinski definition) is 0. The van der Waals surface area contributed by atoms with Gasteiger partial charge in [0, 0.05) is 0 Å². The first-order valence-electron chi connectivity index (χ1n) is 7.53. The average molecular weight is 252 g/mol. The maximum atomic E-state index is 2.35. The van der Waals surface area contributed by atoms with Crippen molar-refractivity contribution in [3.8, 4) is 0 Å². The fourth-order valence-electron chi connectivity index (χ4n) is 2.50. The summed E-state index contributed by atoms with van der Waals surface area (Å²) in [7, 11) is 0. The number of fused-ring (bicyclic) bond motifs is 1. The summed E-state index contributed by atoms with van der Waals surface area (Å²) in [5.74, 6) is 0. The monoisotopic (exact) mass is 252 g/mol. The van der Waals surface area contributed by atoms with Gasteiger partial charge in [-0.3, -0.25) is 0 Å². The van der Waals surface area contributed by atoms with Crippen molar-refractivity contribution >= 4 is 10.8 Å². The van der Waals surface area contributed by atoms with Crippen LogP contribution in [0, 0.1) is 0 Å². The number of hydrogen-bond acceptors (Lipinski definition) is 0. The smallest absolute Gasteiger partial charge is 0.0152 e. The van der Waals surface area contributed by atoms with Gasteiger partial charge in [-0.15, -0.1) is 0 Å². The molecule has 0 N–H and O–H groups in total. The van der Waals surface area contributed by atoms with Crippen LogP contribution < -0.4 is 0 Å². The molecule has 2 rings (SSSR count). The summed E-state index contributed by atoms with van der Waals surface area (Å²) >= 11 is 0. The Labute approximate surface area is 117 Å². The van der Waals surface area contributed by atoms with Crippen LogP contribution in [0.25, 0.3) is 10.8 Å². The molecule has 0 fully saturated rings. The predicted octanol–water partition coefficient (Wildman–Crippen LogP) is 5.91. The molecule has 0 saturated carbocycles. The molecule has 2 aromatic rings.